The van der Waals surface area contributed by atoms with Crippen LogP contribution in [0.15, 0.2) is 24.3 Å². The number of ether oxygens (including phenoxy) is 1. The number of rotatable bonds is 5. The van der Waals surface area contributed by atoms with Crippen molar-refractivity contribution in [2.45, 2.75) is 31.9 Å². The first-order valence-electron chi connectivity index (χ1n) is 6.26. The van der Waals surface area contributed by atoms with E-state index in [4.69, 9.17) is 10.5 Å². The van der Waals surface area contributed by atoms with Gasteiger partial charge in [-0.1, -0.05) is 29.8 Å². The van der Waals surface area contributed by atoms with Gasteiger partial charge < -0.3 is 10.5 Å². The molecule has 6 heteroatoms. The highest BCUT2D eigenvalue weighted by molar-refractivity contribution is 5.83. The molecule has 2 N–H and O–H groups in total. The van der Waals surface area contributed by atoms with Crippen molar-refractivity contribution >= 4 is 5.97 Å². The minimum Gasteiger partial charge on any atom is -0.465 e. The predicted molar refractivity (Wildman–Crippen MR) is 69.2 cm³/mol. The molecule has 0 saturated heterocycles. The van der Waals surface area contributed by atoms with Gasteiger partial charge in [0.05, 0.1) is 13.0 Å². The van der Waals surface area contributed by atoms with Crippen LogP contribution in [0.2, 0.25) is 0 Å². The summed E-state index contributed by atoms with van der Waals surface area (Å²) in [7, 11) is 0. The Hall–Kier alpha value is -1.56. The third-order valence-electron chi connectivity index (χ3n) is 3.09. The fourth-order valence-corrected chi connectivity index (χ4v) is 2.12. The molecule has 0 aliphatic heterocycles. The van der Waals surface area contributed by atoms with Crippen LogP contribution >= 0.6 is 0 Å². The van der Waals surface area contributed by atoms with Gasteiger partial charge in [-0.2, -0.15) is 13.2 Å². The van der Waals surface area contributed by atoms with Crippen LogP contribution in [0.4, 0.5) is 13.2 Å². The lowest BCUT2D eigenvalue weighted by Gasteiger charge is -2.31. The summed E-state index contributed by atoms with van der Waals surface area (Å²) in [6, 6.07) is 6.35. The van der Waals surface area contributed by atoms with Crippen molar-refractivity contribution < 1.29 is 22.7 Å². The van der Waals surface area contributed by atoms with Gasteiger partial charge in [0, 0.05) is 6.54 Å². The number of benzene rings is 1. The first kappa shape index (κ1) is 16.5. The van der Waals surface area contributed by atoms with E-state index in [9.17, 15) is 18.0 Å². The van der Waals surface area contributed by atoms with Crippen molar-refractivity contribution in [1.29, 1.82) is 0 Å². The van der Waals surface area contributed by atoms with Crippen molar-refractivity contribution in [2.24, 2.45) is 5.73 Å². The second kappa shape index (κ2) is 6.26. The van der Waals surface area contributed by atoms with E-state index in [1.54, 1.807) is 26.0 Å². The number of esters is 1. The summed E-state index contributed by atoms with van der Waals surface area (Å²) in [5.41, 5.74) is 4.63. The first-order valence-corrected chi connectivity index (χ1v) is 6.26. The van der Waals surface area contributed by atoms with Gasteiger partial charge in [0.15, 0.2) is 0 Å². The van der Waals surface area contributed by atoms with Crippen LogP contribution in [0.5, 0.6) is 0 Å². The molecule has 1 aromatic carbocycles. The highest BCUT2D eigenvalue weighted by atomic mass is 19.4. The Balaban J connectivity index is 3.34. The molecule has 0 heterocycles. The lowest BCUT2D eigenvalue weighted by Crippen LogP contribution is -2.47. The van der Waals surface area contributed by atoms with Gasteiger partial charge in [-0.25, -0.2) is 0 Å². The molecular weight excluding hydrogens is 271 g/mol. The van der Waals surface area contributed by atoms with Crippen molar-refractivity contribution in [3.8, 4) is 0 Å². The molecule has 1 aromatic rings. The largest absolute Gasteiger partial charge is 0.465 e. The van der Waals surface area contributed by atoms with Crippen LogP contribution in [0.3, 0.4) is 0 Å². The number of carbonyl (C=O) groups is 1. The van der Waals surface area contributed by atoms with E-state index < -0.39 is 30.5 Å². The van der Waals surface area contributed by atoms with Gasteiger partial charge in [0.25, 0.3) is 0 Å². The molecule has 1 atom stereocenters. The van der Waals surface area contributed by atoms with E-state index in [1.807, 2.05) is 0 Å². The van der Waals surface area contributed by atoms with Gasteiger partial charge in [-0.15, -0.1) is 0 Å². The third-order valence-corrected chi connectivity index (χ3v) is 3.09. The lowest BCUT2D eigenvalue weighted by molar-refractivity contribution is -0.171. The molecule has 0 bridgehead atoms. The average Bonchev–Trinajstić information content (AvgIpc) is 2.35. The quantitative estimate of drug-likeness (QED) is 0.848. The zero-order valence-corrected chi connectivity index (χ0v) is 11.5. The third kappa shape index (κ3) is 3.72. The maximum Gasteiger partial charge on any atom is 0.390 e. The molecule has 0 amide bonds. The minimum atomic E-state index is -4.52. The normalized spacial score (nSPS) is 14.7. The first-order chi connectivity index (χ1) is 9.25. The average molecular weight is 289 g/mol. The van der Waals surface area contributed by atoms with E-state index >= 15 is 0 Å². The van der Waals surface area contributed by atoms with E-state index in [0.29, 0.717) is 0 Å². The van der Waals surface area contributed by atoms with Gasteiger partial charge in [0.2, 0.25) is 0 Å². The zero-order valence-electron chi connectivity index (χ0n) is 11.5. The van der Waals surface area contributed by atoms with Gasteiger partial charge in [-0.05, 0) is 19.4 Å². The molecule has 3 nitrogen and oxygen atoms in total. The van der Waals surface area contributed by atoms with Crippen molar-refractivity contribution in [2.75, 3.05) is 13.2 Å². The fourth-order valence-electron chi connectivity index (χ4n) is 2.12. The Morgan fingerprint density at radius 3 is 2.45 bits per heavy atom. The number of halogens is 3. The molecule has 20 heavy (non-hydrogen) atoms. The molecule has 0 spiro atoms. The Morgan fingerprint density at radius 1 is 1.35 bits per heavy atom. The summed E-state index contributed by atoms with van der Waals surface area (Å²) in [6.07, 6.45) is -5.85. The lowest BCUT2D eigenvalue weighted by atomic mass is 9.77. The molecule has 0 aliphatic rings. The number of hydrogen-bond acceptors (Lipinski definition) is 3. The maximum absolute atomic E-state index is 12.9. The molecule has 0 saturated carbocycles. The van der Waals surface area contributed by atoms with Crippen molar-refractivity contribution in [3.05, 3.63) is 35.4 Å². The standard InChI is InChI=1S/C14H18F3NO2/c1-3-20-12(19)13(9-18,8-14(15,16)17)11-6-4-5-10(2)7-11/h4-7H,3,8-9,18H2,1-2H3. The zero-order chi connectivity index (χ0) is 15.4. The van der Waals surface area contributed by atoms with Crippen LogP contribution < -0.4 is 5.73 Å². The molecule has 1 unspecified atom stereocenters. The fraction of sp³-hybridized carbons (Fsp3) is 0.500. The van der Waals surface area contributed by atoms with Gasteiger partial charge in [0.1, 0.15) is 5.41 Å². The number of carbonyl (C=O) groups excluding carboxylic acids is 1. The number of hydrogen-bond donors (Lipinski definition) is 1. The van der Waals surface area contributed by atoms with Crippen molar-refractivity contribution in [3.63, 3.8) is 0 Å². The second-order valence-electron chi connectivity index (χ2n) is 4.67. The molecule has 1 rings (SSSR count). The molecule has 0 aliphatic carbocycles. The number of alkyl halides is 3. The van der Waals surface area contributed by atoms with Crippen LogP contribution in [-0.2, 0) is 14.9 Å². The minimum absolute atomic E-state index is 0.00422. The summed E-state index contributed by atoms with van der Waals surface area (Å²) in [6.45, 7) is 2.82. The highest BCUT2D eigenvalue weighted by Gasteiger charge is 2.49. The van der Waals surface area contributed by atoms with E-state index in [2.05, 4.69) is 0 Å². The Bertz CT molecular complexity index is 474. The molecule has 0 aromatic heterocycles. The van der Waals surface area contributed by atoms with Crippen LogP contribution in [-0.4, -0.2) is 25.3 Å². The molecule has 112 valence electrons. The number of aryl methyl sites for hydroxylation is 1. The predicted octanol–water partition coefficient (Wildman–Crippen LogP) is 2.71. The van der Waals surface area contributed by atoms with Gasteiger partial charge in [-0.3, -0.25) is 4.79 Å². The Morgan fingerprint density at radius 2 is 2.00 bits per heavy atom. The Kier molecular flexibility index (Phi) is 5.16. The maximum atomic E-state index is 12.9. The summed E-state index contributed by atoms with van der Waals surface area (Å²) < 4.78 is 43.4. The topological polar surface area (TPSA) is 52.3 Å². The van der Waals surface area contributed by atoms with E-state index in [1.165, 1.54) is 12.1 Å². The number of nitrogens with two attached hydrogens (primary N) is 1. The van der Waals surface area contributed by atoms with Crippen molar-refractivity contribution in [1.82, 2.24) is 0 Å². The highest BCUT2D eigenvalue weighted by Crippen LogP contribution is 2.37. The van der Waals surface area contributed by atoms with E-state index in [0.717, 1.165) is 5.56 Å². The second-order valence-corrected chi connectivity index (χ2v) is 4.67. The summed E-state index contributed by atoms with van der Waals surface area (Å²) in [5.74, 6) is -0.939. The molecular formula is C14H18F3NO2. The SMILES string of the molecule is CCOC(=O)C(CN)(CC(F)(F)F)c1cccc(C)c1. The molecule has 0 radical (unpaired) electrons. The summed E-state index contributed by atoms with van der Waals surface area (Å²) in [5, 5.41) is 0. The van der Waals surface area contributed by atoms with Gasteiger partial charge >= 0.3 is 12.1 Å². The summed E-state index contributed by atoms with van der Waals surface area (Å²) >= 11 is 0. The molecule has 0 fully saturated rings. The monoisotopic (exact) mass is 289 g/mol. The summed E-state index contributed by atoms with van der Waals surface area (Å²) in [4.78, 5) is 12.1. The Labute approximate surface area is 115 Å². The van der Waals surface area contributed by atoms with Crippen LogP contribution in [0.25, 0.3) is 0 Å². The van der Waals surface area contributed by atoms with Crippen LogP contribution in [0.1, 0.15) is 24.5 Å². The van der Waals surface area contributed by atoms with E-state index in [-0.39, 0.29) is 12.2 Å². The van der Waals surface area contributed by atoms with Crippen LogP contribution in [0, 0.1) is 6.92 Å². The smallest absolute Gasteiger partial charge is 0.390 e.